The SMILES string of the molecule is COC(=O)CCC(=O)O[C@]1(C)C(=O)C=C(C)C[C@H]1O. The molecule has 0 radical (unpaired) electrons. The number of hydrogen-bond donors (Lipinski definition) is 1. The maximum atomic E-state index is 11.9. The fourth-order valence-corrected chi connectivity index (χ4v) is 1.80. The second kappa shape index (κ2) is 5.97. The van der Waals surface area contributed by atoms with Gasteiger partial charge >= 0.3 is 11.9 Å². The molecule has 0 unspecified atom stereocenters. The Bertz CT molecular complexity index is 425. The summed E-state index contributed by atoms with van der Waals surface area (Å²) in [6, 6.07) is 0. The van der Waals surface area contributed by atoms with Crippen LogP contribution in [-0.4, -0.2) is 41.6 Å². The topological polar surface area (TPSA) is 89.9 Å². The fourth-order valence-electron chi connectivity index (χ4n) is 1.80. The highest BCUT2D eigenvalue weighted by Gasteiger charge is 2.45. The lowest BCUT2D eigenvalue weighted by atomic mass is 9.83. The summed E-state index contributed by atoms with van der Waals surface area (Å²) in [6.07, 6.45) is 0.245. The van der Waals surface area contributed by atoms with Crippen LogP contribution in [-0.2, 0) is 23.9 Å². The molecule has 0 saturated carbocycles. The Morgan fingerprint density at radius 1 is 1.42 bits per heavy atom. The molecule has 0 bridgehead atoms. The zero-order valence-electron chi connectivity index (χ0n) is 11.3. The molecule has 0 heterocycles. The first-order valence-corrected chi connectivity index (χ1v) is 5.98. The third-order valence-electron chi connectivity index (χ3n) is 3.10. The molecule has 1 aliphatic rings. The summed E-state index contributed by atoms with van der Waals surface area (Å²) in [4.78, 5) is 34.4. The van der Waals surface area contributed by atoms with Crippen LogP contribution < -0.4 is 0 Å². The largest absolute Gasteiger partial charge is 0.469 e. The van der Waals surface area contributed by atoms with Crippen LogP contribution in [0.15, 0.2) is 11.6 Å². The van der Waals surface area contributed by atoms with Crippen molar-refractivity contribution in [3.05, 3.63) is 11.6 Å². The van der Waals surface area contributed by atoms with Gasteiger partial charge in [0.05, 0.1) is 20.0 Å². The first kappa shape index (κ1) is 15.4. The highest BCUT2D eigenvalue weighted by atomic mass is 16.6. The van der Waals surface area contributed by atoms with Crippen LogP contribution >= 0.6 is 0 Å². The van der Waals surface area contributed by atoms with E-state index in [1.165, 1.54) is 20.1 Å². The van der Waals surface area contributed by atoms with E-state index in [4.69, 9.17) is 4.74 Å². The van der Waals surface area contributed by atoms with E-state index in [0.29, 0.717) is 0 Å². The average Bonchev–Trinajstić information content (AvgIpc) is 2.33. The van der Waals surface area contributed by atoms with Gasteiger partial charge in [-0.25, -0.2) is 0 Å². The van der Waals surface area contributed by atoms with E-state index in [0.717, 1.165) is 5.57 Å². The van der Waals surface area contributed by atoms with Crippen LogP contribution in [0.4, 0.5) is 0 Å². The minimum atomic E-state index is -1.58. The highest BCUT2D eigenvalue weighted by Crippen LogP contribution is 2.28. The molecule has 6 nitrogen and oxygen atoms in total. The van der Waals surface area contributed by atoms with Crippen molar-refractivity contribution in [2.45, 2.75) is 44.8 Å². The van der Waals surface area contributed by atoms with E-state index in [9.17, 15) is 19.5 Å². The van der Waals surface area contributed by atoms with Crippen LogP contribution in [0, 0.1) is 0 Å². The molecule has 106 valence electrons. The molecular formula is C13H18O6. The smallest absolute Gasteiger partial charge is 0.307 e. The third-order valence-corrected chi connectivity index (χ3v) is 3.10. The minimum absolute atomic E-state index is 0.120. The first-order chi connectivity index (χ1) is 8.79. The van der Waals surface area contributed by atoms with E-state index in [1.807, 2.05) is 0 Å². The maximum Gasteiger partial charge on any atom is 0.307 e. The zero-order valence-corrected chi connectivity index (χ0v) is 11.3. The lowest BCUT2D eigenvalue weighted by Gasteiger charge is -2.35. The number of aliphatic hydroxyl groups is 1. The van der Waals surface area contributed by atoms with Gasteiger partial charge in [0.1, 0.15) is 6.10 Å². The standard InChI is InChI=1S/C13H18O6/c1-8-6-9(14)13(2,10(15)7-8)19-12(17)5-4-11(16)18-3/h6,10,15H,4-5,7H2,1-3H3/t10-,13-/m1/s1. The monoisotopic (exact) mass is 270 g/mol. The molecule has 0 aromatic carbocycles. The van der Waals surface area contributed by atoms with Gasteiger partial charge in [-0.3, -0.25) is 14.4 Å². The molecule has 1 rings (SSSR count). The maximum absolute atomic E-state index is 11.9. The van der Waals surface area contributed by atoms with Crippen molar-refractivity contribution in [3.63, 3.8) is 0 Å². The Hall–Kier alpha value is -1.69. The summed E-state index contributed by atoms with van der Waals surface area (Å²) in [6.45, 7) is 3.10. The zero-order chi connectivity index (χ0) is 14.6. The Morgan fingerprint density at radius 2 is 2.00 bits per heavy atom. The summed E-state index contributed by atoms with van der Waals surface area (Å²) in [7, 11) is 1.22. The number of carbonyl (C=O) groups excluding carboxylic acids is 3. The van der Waals surface area contributed by atoms with E-state index < -0.39 is 29.4 Å². The van der Waals surface area contributed by atoms with Crippen LogP contribution in [0.2, 0.25) is 0 Å². The van der Waals surface area contributed by atoms with E-state index in [-0.39, 0.29) is 19.3 Å². The first-order valence-electron chi connectivity index (χ1n) is 5.98. The Balaban J connectivity index is 2.66. The van der Waals surface area contributed by atoms with Gasteiger partial charge in [0.15, 0.2) is 5.60 Å². The summed E-state index contributed by atoms with van der Waals surface area (Å²) < 4.78 is 9.46. The van der Waals surface area contributed by atoms with Crippen LogP contribution in [0.25, 0.3) is 0 Å². The molecule has 0 fully saturated rings. The van der Waals surface area contributed by atoms with Crippen molar-refractivity contribution >= 4 is 17.7 Å². The van der Waals surface area contributed by atoms with Gasteiger partial charge in [0, 0.05) is 0 Å². The molecule has 19 heavy (non-hydrogen) atoms. The van der Waals surface area contributed by atoms with Crippen LogP contribution in [0.3, 0.4) is 0 Å². The molecule has 0 aromatic heterocycles. The van der Waals surface area contributed by atoms with Gasteiger partial charge in [-0.15, -0.1) is 0 Å². The van der Waals surface area contributed by atoms with Gasteiger partial charge < -0.3 is 14.6 Å². The Labute approximate surface area is 111 Å². The molecule has 0 amide bonds. The lowest BCUT2D eigenvalue weighted by molar-refractivity contribution is -0.177. The number of rotatable bonds is 4. The van der Waals surface area contributed by atoms with Crippen molar-refractivity contribution < 1.29 is 29.0 Å². The number of carbonyl (C=O) groups is 3. The van der Waals surface area contributed by atoms with E-state index in [1.54, 1.807) is 6.92 Å². The van der Waals surface area contributed by atoms with Gasteiger partial charge in [-0.05, 0) is 26.3 Å². The number of ether oxygens (including phenoxy) is 2. The number of hydrogen-bond acceptors (Lipinski definition) is 6. The summed E-state index contributed by atoms with van der Waals surface area (Å²) in [5, 5.41) is 9.91. The molecule has 1 N–H and O–H groups in total. The van der Waals surface area contributed by atoms with Crippen LogP contribution in [0.1, 0.15) is 33.1 Å². The van der Waals surface area contributed by atoms with Crippen LogP contribution in [0.5, 0.6) is 0 Å². The van der Waals surface area contributed by atoms with Crippen molar-refractivity contribution in [3.8, 4) is 0 Å². The minimum Gasteiger partial charge on any atom is -0.469 e. The third kappa shape index (κ3) is 3.64. The molecule has 2 atom stereocenters. The van der Waals surface area contributed by atoms with Crippen molar-refractivity contribution in [1.82, 2.24) is 0 Å². The lowest BCUT2D eigenvalue weighted by Crippen LogP contribution is -2.52. The van der Waals surface area contributed by atoms with Gasteiger partial charge in [0.2, 0.25) is 5.78 Å². The molecule has 0 aromatic rings. The normalized spacial score (nSPS) is 26.6. The molecule has 6 heteroatoms. The molecule has 0 saturated heterocycles. The molecule has 1 aliphatic carbocycles. The fraction of sp³-hybridized carbons (Fsp3) is 0.615. The summed E-state index contributed by atoms with van der Waals surface area (Å²) >= 11 is 0. The van der Waals surface area contributed by atoms with Crippen molar-refractivity contribution in [2.75, 3.05) is 7.11 Å². The molecule has 0 spiro atoms. The van der Waals surface area contributed by atoms with Gasteiger partial charge in [-0.2, -0.15) is 0 Å². The van der Waals surface area contributed by atoms with Crippen molar-refractivity contribution in [2.24, 2.45) is 0 Å². The molecular weight excluding hydrogens is 252 g/mol. The molecule has 0 aliphatic heterocycles. The van der Waals surface area contributed by atoms with Gasteiger partial charge in [-0.1, -0.05) is 5.57 Å². The Kier molecular flexibility index (Phi) is 4.83. The van der Waals surface area contributed by atoms with Gasteiger partial charge in [0.25, 0.3) is 0 Å². The van der Waals surface area contributed by atoms with E-state index in [2.05, 4.69) is 4.74 Å². The average molecular weight is 270 g/mol. The quantitative estimate of drug-likeness (QED) is 0.749. The second-order valence-corrected chi connectivity index (χ2v) is 4.73. The predicted octanol–water partition coefficient (Wildman–Crippen LogP) is 0.521. The number of ketones is 1. The number of aliphatic hydroxyl groups excluding tert-OH is 1. The Morgan fingerprint density at radius 3 is 2.53 bits per heavy atom. The van der Waals surface area contributed by atoms with Crippen molar-refractivity contribution in [1.29, 1.82) is 0 Å². The second-order valence-electron chi connectivity index (χ2n) is 4.73. The summed E-state index contributed by atoms with van der Waals surface area (Å²) in [5.74, 6) is -1.70. The predicted molar refractivity (Wildman–Crippen MR) is 65.1 cm³/mol. The summed E-state index contributed by atoms with van der Waals surface area (Å²) in [5.41, 5.74) is -0.840. The van der Waals surface area contributed by atoms with E-state index >= 15 is 0 Å². The highest BCUT2D eigenvalue weighted by molar-refractivity contribution is 6.00. The number of methoxy groups -OCH3 is 1. The number of esters is 2.